The van der Waals surface area contributed by atoms with Crippen molar-refractivity contribution in [3.8, 4) is 23.2 Å². The SMILES string of the molecule is COc1cnc(-c2cc3c(N4C[C@@H](C)[C@@](C#N)(C5CC5)C4=O)ccnn3c2)cn1. The minimum absolute atomic E-state index is 0.0115. The van der Waals surface area contributed by atoms with E-state index in [9.17, 15) is 10.1 Å². The Kier molecular flexibility index (Phi) is 3.81. The van der Waals surface area contributed by atoms with Crippen molar-refractivity contribution in [3.63, 3.8) is 0 Å². The van der Waals surface area contributed by atoms with Crippen LogP contribution in [0.2, 0.25) is 0 Å². The fraction of sp³-hybridized carbons (Fsp3) is 0.381. The monoisotopic (exact) mass is 388 g/mol. The third-order valence-electron chi connectivity index (χ3n) is 6.15. The number of methoxy groups -OCH3 is 1. The number of anilines is 1. The summed E-state index contributed by atoms with van der Waals surface area (Å²) in [6.07, 6.45) is 8.65. The number of aromatic nitrogens is 4. The van der Waals surface area contributed by atoms with Gasteiger partial charge in [-0.1, -0.05) is 6.92 Å². The van der Waals surface area contributed by atoms with Gasteiger partial charge in [0.15, 0.2) is 0 Å². The maximum absolute atomic E-state index is 13.4. The maximum Gasteiger partial charge on any atom is 0.248 e. The molecular weight excluding hydrogens is 368 g/mol. The van der Waals surface area contributed by atoms with Gasteiger partial charge in [0.2, 0.25) is 11.8 Å². The summed E-state index contributed by atoms with van der Waals surface area (Å²) in [7, 11) is 1.55. The molecule has 2 fully saturated rings. The van der Waals surface area contributed by atoms with Crippen molar-refractivity contribution < 1.29 is 9.53 Å². The molecule has 146 valence electrons. The van der Waals surface area contributed by atoms with Crippen LogP contribution >= 0.6 is 0 Å². The van der Waals surface area contributed by atoms with E-state index >= 15 is 0 Å². The van der Waals surface area contributed by atoms with Crippen molar-refractivity contribution in [3.05, 3.63) is 36.9 Å². The smallest absolute Gasteiger partial charge is 0.248 e. The lowest BCUT2D eigenvalue weighted by Crippen LogP contribution is -2.37. The van der Waals surface area contributed by atoms with Gasteiger partial charge in [0.25, 0.3) is 0 Å². The number of nitrogens with zero attached hydrogens (tertiary/aromatic N) is 6. The summed E-state index contributed by atoms with van der Waals surface area (Å²) < 4.78 is 6.80. The Morgan fingerprint density at radius 3 is 2.79 bits per heavy atom. The van der Waals surface area contributed by atoms with Gasteiger partial charge < -0.3 is 9.64 Å². The van der Waals surface area contributed by atoms with Crippen molar-refractivity contribution in [2.75, 3.05) is 18.6 Å². The van der Waals surface area contributed by atoms with Gasteiger partial charge in [0, 0.05) is 30.4 Å². The number of carbonyl (C=O) groups excluding carboxylic acids is 1. The van der Waals surface area contributed by atoms with Gasteiger partial charge >= 0.3 is 0 Å². The molecule has 0 radical (unpaired) electrons. The Morgan fingerprint density at radius 1 is 1.31 bits per heavy atom. The van der Waals surface area contributed by atoms with Crippen molar-refractivity contribution in [1.29, 1.82) is 5.26 Å². The van der Waals surface area contributed by atoms with Crippen LogP contribution in [0.1, 0.15) is 19.8 Å². The molecule has 1 saturated carbocycles. The highest BCUT2D eigenvalue weighted by atomic mass is 16.5. The highest BCUT2D eigenvalue weighted by molar-refractivity contribution is 6.05. The normalized spacial score (nSPS) is 24.1. The van der Waals surface area contributed by atoms with Crippen LogP contribution < -0.4 is 9.64 Å². The first-order valence-corrected chi connectivity index (χ1v) is 9.65. The minimum Gasteiger partial charge on any atom is -0.480 e. The topological polar surface area (TPSA) is 96.4 Å². The standard InChI is InChI=1S/C21H20N6O2/c1-13-10-26(20(28)21(13,12-22)15-3-4-15)17-5-6-25-27-11-14(7-18(17)27)16-8-24-19(29-2)9-23-16/h5-9,11,13,15H,3-4,10H2,1-2H3/t13-,21+/m1/s1. The molecular formula is C21H20N6O2. The average Bonchev–Trinajstić information content (AvgIpc) is 3.44. The molecule has 1 saturated heterocycles. The molecule has 8 heteroatoms. The van der Waals surface area contributed by atoms with Crippen molar-refractivity contribution in [1.82, 2.24) is 19.6 Å². The summed E-state index contributed by atoms with van der Waals surface area (Å²) in [5.74, 6) is 0.522. The Labute approximate surface area is 167 Å². The zero-order chi connectivity index (χ0) is 20.2. The molecule has 0 N–H and O–H groups in total. The van der Waals surface area contributed by atoms with Crippen molar-refractivity contribution >= 4 is 17.1 Å². The zero-order valence-corrected chi connectivity index (χ0v) is 16.2. The molecule has 0 unspecified atom stereocenters. The third-order valence-corrected chi connectivity index (χ3v) is 6.15. The van der Waals surface area contributed by atoms with Crippen LogP contribution in [0, 0.1) is 28.6 Å². The quantitative estimate of drug-likeness (QED) is 0.682. The Morgan fingerprint density at radius 2 is 2.14 bits per heavy atom. The molecule has 2 atom stereocenters. The van der Waals surface area contributed by atoms with Crippen LogP contribution in [0.4, 0.5) is 5.69 Å². The largest absolute Gasteiger partial charge is 0.480 e. The molecule has 1 aliphatic carbocycles. The fourth-order valence-electron chi connectivity index (χ4n) is 4.45. The van der Waals surface area contributed by atoms with Gasteiger partial charge in [0.1, 0.15) is 5.41 Å². The first kappa shape index (κ1) is 17.6. The fourth-order valence-corrected chi connectivity index (χ4v) is 4.45. The van der Waals surface area contributed by atoms with Crippen LogP contribution in [0.5, 0.6) is 5.88 Å². The van der Waals surface area contributed by atoms with Gasteiger partial charge in [-0.15, -0.1) is 0 Å². The summed E-state index contributed by atoms with van der Waals surface area (Å²) in [5, 5.41) is 14.3. The number of amides is 1. The summed E-state index contributed by atoms with van der Waals surface area (Å²) in [5.41, 5.74) is 2.19. The molecule has 3 aromatic rings. The number of fused-ring (bicyclic) bond motifs is 1. The Balaban J connectivity index is 1.57. The van der Waals surface area contributed by atoms with Gasteiger partial charge in [-0.25, -0.2) is 14.5 Å². The molecule has 29 heavy (non-hydrogen) atoms. The predicted molar refractivity (Wildman–Crippen MR) is 105 cm³/mol. The first-order valence-electron chi connectivity index (χ1n) is 9.65. The van der Waals surface area contributed by atoms with E-state index in [-0.39, 0.29) is 17.7 Å². The summed E-state index contributed by atoms with van der Waals surface area (Å²) in [4.78, 5) is 23.7. The van der Waals surface area contributed by atoms with Crippen molar-refractivity contribution in [2.24, 2.45) is 17.3 Å². The second kappa shape index (κ2) is 6.27. The van der Waals surface area contributed by atoms with Crippen molar-refractivity contribution in [2.45, 2.75) is 19.8 Å². The van der Waals surface area contributed by atoms with Crippen LogP contribution in [0.15, 0.2) is 36.9 Å². The van der Waals surface area contributed by atoms with E-state index < -0.39 is 5.41 Å². The van der Waals surface area contributed by atoms with Crippen LogP contribution in [-0.4, -0.2) is 39.1 Å². The van der Waals surface area contributed by atoms with E-state index in [1.54, 1.807) is 35.1 Å². The van der Waals surface area contributed by atoms with E-state index in [0.717, 1.165) is 29.6 Å². The molecule has 0 spiro atoms. The lowest BCUT2D eigenvalue weighted by molar-refractivity contribution is -0.124. The van der Waals surface area contributed by atoms with Crippen LogP contribution in [0.25, 0.3) is 16.8 Å². The molecule has 0 bridgehead atoms. The summed E-state index contributed by atoms with van der Waals surface area (Å²) >= 11 is 0. The maximum atomic E-state index is 13.4. The molecule has 1 aliphatic heterocycles. The number of rotatable bonds is 4. The van der Waals surface area contributed by atoms with E-state index in [2.05, 4.69) is 21.1 Å². The van der Waals surface area contributed by atoms with E-state index in [1.807, 2.05) is 25.3 Å². The van der Waals surface area contributed by atoms with Crippen LogP contribution in [0.3, 0.4) is 0 Å². The van der Waals surface area contributed by atoms with E-state index in [4.69, 9.17) is 4.74 Å². The second-order valence-electron chi connectivity index (χ2n) is 7.79. The second-order valence-corrected chi connectivity index (χ2v) is 7.79. The number of hydrogen-bond acceptors (Lipinski definition) is 6. The van der Waals surface area contributed by atoms with Gasteiger partial charge in [-0.3, -0.25) is 4.79 Å². The lowest BCUT2D eigenvalue weighted by atomic mass is 9.75. The number of carbonyl (C=O) groups is 1. The highest BCUT2D eigenvalue weighted by Crippen LogP contribution is 2.54. The third kappa shape index (κ3) is 2.50. The molecule has 5 rings (SSSR count). The summed E-state index contributed by atoms with van der Waals surface area (Å²) in [6.45, 7) is 2.54. The number of nitriles is 1. The van der Waals surface area contributed by atoms with E-state index in [0.29, 0.717) is 18.1 Å². The zero-order valence-electron chi connectivity index (χ0n) is 16.2. The molecule has 2 aliphatic rings. The average molecular weight is 388 g/mol. The van der Waals surface area contributed by atoms with Crippen LogP contribution in [-0.2, 0) is 4.79 Å². The lowest BCUT2D eigenvalue weighted by Gasteiger charge is -2.23. The molecule has 4 heterocycles. The molecule has 8 nitrogen and oxygen atoms in total. The van der Waals surface area contributed by atoms with Gasteiger partial charge in [-0.05, 0) is 30.9 Å². The number of hydrogen-bond donors (Lipinski definition) is 0. The first-order chi connectivity index (χ1) is 14.1. The van der Waals surface area contributed by atoms with Gasteiger partial charge in [-0.2, -0.15) is 10.4 Å². The van der Waals surface area contributed by atoms with Gasteiger partial charge in [0.05, 0.1) is 42.5 Å². The number of ether oxygens (including phenoxy) is 1. The predicted octanol–water partition coefficient (Wildman–Crippen LogP) is 2.70. The molecule has 0 aromatic carbocycles. The highest BCUT2D eigenvalue weighted by Gasteiger charge is 2.61. The summed E-state index contributed by atoms with van der Waals surface area (Å²) in [6, 6.07) is 6.17. The Bertz CT molecular complexity index is 1140. The minimum atomic E-state index is -0.906. The van der Waals surface area contributed by atoms with E-state index in [1.165, 1.54) is 0 Å². The Hall–Kier alpha value is -3.47. The molecule has 1 amide bonds. The molecule has 3 aromatic heterocycles.